The lowest BCUT2D eigenvalue weighted by atomic mass is 10.0. The van der Waals surface area contributed by atoms with E-state index in [0.717, 1.165) is 23.6 Å². The summed E-state index contributed by atoms with van der Waals surface area (Å²) in [5.74, 6) is 0.374. The van der Waals surface area contributed by atoms with Crippen LogP contribution in [0.4, 0.5) is 0 Å². The van der Waals surface area contributed by atoms with Crippen LogP contribution in [0.5, 0.6) is 11.5 Å². The van der Waals surface area contributed by atoms with Crippen LogP contribution in [0.3, 0.4) is 0 Å². The maximum Gasteiger partial charge on any atom is 0.277 e. The van der Waals surface area contributed by atoms with Crippen molar-refractivity contribution < 1.29 is 14.6 Å². The number of fused-ring (bicyclic) bond motifs is 1. The quantitative estimate of drug-likeness (QED) is 0.492. The Labute approximate surface area is 158 Å². The normalized spacial score (nSPS) is 11.0. The maximum atomic E-state index is 11.9. The van der Waals surface area contributed by atoms with E-state index in [1.807, 2.05) is 54.6 Å². The number of ether oxygens (including phenoxy) is 1. The van der Waals surface area contributed by atoms with Gasteiger partial charge in [0.2, 0.25) is 0 Å². The first-order valence-corrected chi connectivity index (χ1v) is 8.91. The number of aromatic hydroxyl groups is 1. The second kappa shape index (κ2) is 8.85. The summed E-state index contributed by atoms with van der Waals surface area (Å²) in [6, 6.07) is 18.8. The van der Waals surface area contributed by atoms with Crippen LogP contribution in [0.25, 0.3) is 10.8 Å². The number of carbonyl (C=O) groups excluding carboxylic acids is 1. The predicted molar refractivity (Wildman–Crippen MR) is 107 cm³/mol. The zero-order valence-corrected chi connectivity index (χ0v) is 15.2. The molecule has 138 valence electrons. The minimum absolute atomic E-state index is 0.107. The van der Waals surface area contributed by atoms with Crippen LogP contribution >= 0.6 is 0 Å². The molecule has 0 fully saturated rings. The Balaban J connectivity index is 1.57. The van der Waals surface area contributed by atoms with Gasteiger partial charge >= 0.3 is 0 Å². The lowest BCUT2D eigenvalue weighted by Crippen LogP contribution is -2.24. The minimum atomic E-state index is -0.372. The number of rotatable bonds is 7. The molecule has 0 aliphatic heterocycles. The first kappa shape index (κ1) is 18.5. The zero-order valence-electron chi connectivity index (χ0n) is 15.2. The molecular weight excluding hydrogens is 340 g/mol. The van der Waals surface area contributed by atoms with Gasteiger partial charge in [-0.05, 0) is 41.0 Å². The van der Waals surface area contributed by atoms with E-state index in [-0.39, 0.29) is 18.3 Å². The minimum Gasteiger partial charge on any atom is -0.507 e. The highest BCUT2D eigenvalue weighted by Gasteiger charge is 2.05. The van der Waals surface area contributed by atoms with E-state index in [4.69, 9.17) is 4.74 Å². The second-order valence-corrected chi connectivity index (χ2v) is 6.20. The summed E-state index contributed by atoms with van der Waals surface area (Å²) in [4.78, 5) is 11.9. The van der Waals surface area contributed by atoms with E-state index in [1.165, 1.54) is 11.8 Å². The number of carbonyl (C=O) groups is 1. The van der Waals surface area contributed by atoms with Crippen LogP contribution in [0.15, 0.2) is 65.8 Å². The van der Waals surface area contributed by atoms with Gasteiger partial charge in [-0.3, -0.25) is 4.79 Å². The van der Waals surface area contributed by atoms with E-state index >= 15 is 0 Å². The van der Waals surface area contributed by atoms with Crippen LogP contribution < -0.4 is 10.2 Å². The number of aryl methyl sites for hydroxylation is 1. The summed E-state index contributed by atoms with van der Waals surface area (Å²) >= 11 is 0. The number of phenolic OH excluding ortho intramolecular Hbond substituents is 1. The molecule has 0 saturated heterocycles. The molecular formula is C22H22N2O3. The molecule has 0 radical (unpaired) electrons. The van der Waals surface area contributed by atoms with Crippen molar-refractivity contribution in [2.24, 2.45) is 5.10 Å². The van der Waals surface area contributed by atoms with Gasteiger partial charge in [-0.2, -0.15) is 5.10 Å². The SMILES string of the molecule is CCCc1ccc(OCC(=O)N/N=C/c2c(O)ccc3ccccc23)cc1. The third-order valence-corrected chi connectivity index (χ3v) is 4.16. The fourth-order valence-electron chi connectivity index (χ4n) is 2.81. The van der Waals surface area contributed by atoms with E-state index in [9.17, 15) is 9.90 Å². The molecule has 5 heteroatoms. The molecule has 0 spiro atoms. The summed E-state index contributed by atoms with van der Waals surface area (Å²) < 4.78 is 5.46. The fraction of sp³-hybridized carbons (Fsp3) is 0.182. The monoisotopic (exact) mass is 362 g/mol. The number of benzene rings is 3. The number of hydrogen-bond donors (Lipinski definition) is 2. The van der Waals surface area contributed by atoms with Crippen molar-refractivity contribution in [3.8, 4) is 11.5 Å². The van der Waals surface area contributed by atoms with Crippen molar-refractivity contribution in [1.29, 1.82) is 0 Å². The van der Waals surface area contributed by atoms with Crippen LogP contribution in [0.1, 0.15) is 24.5 Å². The summed E-state index contributed by atoms with van der Waals surface area (Å²) in [6.07, 6.45) is 3.55. The number of hydrogen-bond acceptors (Lipinski definition) is 4. The third-order valence-electron chi connectivity index (χ3n) is 4.16. The Hall–Kier alpha value is -3.34. The lowest BCUT2D eigenvalue weighted by molar-refractivity contribution is -0.123. The van der Waals surface area contributed by atoms with E-state index in [1.54, 1.807) is 6.07 Å². The molecule has 3 aromatic carbocycles. The molecule has 0 heterocycles. The fourth-order valence-corrected chi connectivity index (χ4v) is 2.81. The summed E-state index contributed by atoms with van der Waals surface area (Å²) in [7, 11) is 0. The molecule has 0 atom stereocenters. The topological polar surface area (TPSA) is 70.9 Å². The van der Waals surface area contributed by atoms with E-state index in [2.05, 4.69) is 17.5 Å². The Kier molecular flexibility index (Phi) is 6.05. The van der Waals surface area contributed by atoms with Crippen molar-refractivity contribution in [2.45, 2.75) is 19.8 Å². The Bertz CT molecular complexity index is 949. The summed E-state index contributed by atoms with van der Waals surface area (Å²) in [6.45, 7) is 2.00. The van der Waals surface area contributed by atoms with Crippen molar-refractivity contribution in [1.82, 2.24) is 5.43 Å². The van der Waals surface area contributed by atoms with Crippen molar-refractivity contribution >= 4 is 22.9 Å². The number of nitrogens with zero attached hydrogens (tertiary/aromatic N) is 1. The van der Waals surface area contributed by atoms with Crippen molar-refractivity contribution in [3.63, 3.8) is 0 Å². The van der Waals surface area contributed by atoms with Gasteiger partial charge in [0.15, 0.2) is 6.61 Å². The van der Waals surface area contributed by atoms with Crippen molar-refractivity contribution in [3.05, 3.63) is 71.8 Å². The van der Waals surface area contributed by atoms with Crippen LogP contribution in [-0.2, 0) is 11.2 Å². The van der Waals surface area contributed by atoms with Gasteiger partial charge in [-0.1, -0.05) is 55.8 Å². The molecule has 0 bridgehead atoms. The van der Waals surface area contributed by atoms with Crippen LogP contribution in [0, 0.1) is 0 Å². The van der Waals surface area contributed by atoms with E-state index < -0.39 is 0 Å². The molecule has 3 aromatic rings. The van der Waals surface area contributed by atoms with Gasteiger partial charge < -0.3 is 9.84 Å². The molecule has 5 nitrogen and oxygen atoms in total. The Morgan fingerprint density at radius 2 is 1.89 bits per heavy atom. The average Bonchev–Trinajstić information content (AvgIpc) is 2.69. The number of hydrazone groups is 1. The Morgan fingerprint density at radius 1 is 1.11 bits per heavy atom. The third kappa shape index (κ3) is 4.85. The zero-order chi connectivity index (χ0) is 19.1. The second-order valence-electron chi connectivity index (χ2n) is 6.20. The number of amides is 1. The standard InChI is InChI=1S/C22H22N2O3/c1-2-5-16-8-11-18(12-9-16)27-15-22(26)24-23-14-20-19-7-4-3-6-17(19)10-13-21(20)25/h3-4,6-14,25H,2,5,15H2,1H3,(H,24,26)/b23-14+. The molecule has 27 heavy (non-hydrogen) atoms. The van der Waals surface area contributed by atoms with Gasteiger partial charge in [0.25, 0.3) is 5.91 Å². The first-order chi connectivity index (χ1) is 13.2. The molecule has 0 aliphatic carbocycles. The molecule has 3 rings (SSSR count). The summed E-state index contributed by atoms with van der Waals surface area (Å²) in [5.41, 5.74) is 4.22. The highest BCUT2D eigenvalue weighted by Crippen LogP contribution is 2.25. The molecule has 0 unspecified atom stereocenters. The van der Waals surface area contributed by atoms with Gasteiger partial charge in [-0.25, -0.2) is 5.43 Å². The number of nitrogens with one attached hydrogen (secondary N) is 1. The van der Waals surface area contributed by atoms with Gasteiger partial charge in [0.1, 0.15) is 11.5 Å². The predicted octanol–water partition coefficient (Wildman–Crippen LogP) is 4.03. The maximum absolute atomic E-state index is 11.9. The molecule has 1 amide bonds. The van der Waals surface area contributed by atoms with Gasteiger partial charge in [0.05, 0.1) is 6.21 Å². The van der Waals surface area contributed by atoms with Crippen molar-refractivity contribution in [2.75, 3.05) is 6.61 Å². The van der Waals surface area contributed by atoms with Crippen LogP contribution in [0.2, 0.25) is 0 Å². The average molecular weight is 362 g/mol. The number of phenols is 1. The molecule has 0 aromatic heterocycles. The first-order valence-electron chi connectivity index (χ1n) is 8.91. The van der Waals surface area contributed by atoms with Gasteiger partial charge in [0, 0.05) is 5.56 Å². The highest BCUT2D eigenvalue weighted by molar-refractivity contribution is 6.02. The van der Waals surface area contributed by atoms with Crippen LogP contribution in [-0.4, -0.2) is 23.8 Å². The lowest BCUT2D eigenvalue weighted by Gasteiger charge is -2.07. The smallest absolute Gasteiger partial charge is 0.277 e. The molecule has 0 saturated carbocycles. The molecule has 2 N–H and O–H groups in total. The Morgan fingerprint density at radius 3 is 2.67 bits per heavy atom. The van der Waals surface area contributed by atoms with Gasteiger partial charge in [-0.15, -0.1) is 0 Å². The summed E-state index contributed by atoms with van der Waals surface area (Å²) in [5, 5.41) is 15.8. The molecule has 0 aliphatic rings. The largest absolute Gasteiger partial charge is 0.507 e. The highest BCUT2D eigenvalue weighted by atomic mass is 16.5. The van der Waals surface area contributed by atoms with E-state index in [0.29, 0.717) is 11.3 Å².